The van der Waals surface area contributed by atoms with Crippen LogP contribution < -0.4 is 21.8 Å². The maximum absolute atomic E-state index is 12.3. The summed E-state index contributed by atoms with van der Waals surface area (Å²) in [7, 11) is 4.06. The highest BCUT2D eigenvalue weighted by Gasteiger charge is 2.23. The van der Waals surface area contributed by atoms with E-state index in [-0.39, 0.29) is 10.9 Å². The van der Waals surface area contributed by atoms with Gasteiger partial charge < -0.3 is 39.8 Å². The van der Waals surface area contributed by atoms with Crippen molar-refractivity contribution in [2.45, 2.75) is 0 Å². The number of carbonyl (C=O) groups excluding carboxylic acids is 3. The van der Waals surface area contributed by atoms with Gasteiger partial charge in [-0.05, 0) is 36.4 Å². The Bertz CT molecular complexity index is 2010. The first kappa shape index (κ1) is 32.8. The van der Waals surface area contributed by atoms with Crippen molar-refractivity contribution in [1.29, 1.82) is 5.26 Å². The molecule has 44 heavy (non-hydrogen) atoms. The molecule has 15 nitrogen and oxygen atoms in total. The summed E-state index contributed by atoms with van der Waals surface area (Å²) in [6.45, 7) is -1.07. The van der Waals surface area contributed by atoms with Gasteiger partial charge >= 0.3 is 11.9 Å². The lowest BCUT2D eigenvalue weighted by atomic mass is 10.1. The number of carboxylic acids is 1. The summed E-state index contributed by atoms with van der Waals surface area (Å²) in [5.41, 5.74) is -1.35. The number of fused-ring (bicyclic) bond motifs is 2. The zero-order valence-electron chi connectivity index (χ0n) is 23.3. The molecule has 2 aromatic heterocycles. The zero-order chi connectivity index (χ0) is 32.9. The molecule has 0 unspecified atom stereocenters. The molecule has 0 aliphatic rings. The van der Waals surface area contributed by atoms with Gasteiger partial charge in [0.25, 0.3) is 22.9 Å². The van der Waals surface area contributed by atoms with Gasteiger partial charge in [-0.25, -0.2) is 0 Å². The van der Waals surface area contributed by atoms with Crippen LogP contribution in [0, 0.1) is 11.3 Å². The number of hydrogen-bond donors (Lipinski definition) is 5. The Balaban J connectivity index is 0.000000240. The third kappa shape index (κ3) is 6.68. The summed E-state index contributed by atoms with van der Waals surface area (Å²) in [6, 6.07) is 11.1. The fourth-order valence-electron chi connectivity index (χ4n) is 4.05. The number of aryl methyl sites for hydroxylation is 2. The zero-order valence-corrected chi connectivity index (χ0v) is 24.9. The Morgan fingerprint density at radius 1 is 0.864 bits per heavy atom. The van der Waals surface area contributed by atoms with Gasteiger partial charge in [0.15, 0.2) is 0 Å². The number of carboxylic acid groups (broad SMARTS) is 1. The maximum atomic E-state index is 12.3. The summed E-state index contributed by atoms with van der Waals surface area (Å²) in [6.07, 6.45) is 0. The van der Waals surface area contributed by atoms with Crippen LogP contribution in [0.5, 0.6) is 11.5 Å². The Labute approximate surface area is 255 Å². The number of hydrogen-bond acceptors (Lipinski definition) is 10. The average molecular weight is 670 g/mol. The summed E-state index contributed by atoms with van der Waals surface area (Å²) >= 11 is 3.28. The Morgan fingerprint density at radius 3 is 1.82 bits per heavy atom. The third-order valence-electron chi connectivity index (χ3n) is 6.31. The molecule has 228 valence electrons. The number of ether oxygens (including phenoxy) is 1. The molecule has 5 N–H and O–H groups in total. The first-order valence-corrected chi connectivity index (χ1v) is 13.1. The summed E-state index contributed by atoms with van der Waals surface area (Å²) < 4.78 is 7.51. The minimum Gasteiger partial charge on any atom is -0.506 e. The number of rotatable bonds is 6. The largest absolute Gasteiger partial charge is 0.506 e. The van der Waals surface area contributed by atoms with Crippen molar-refractivity contribution in [1.82, 2.24) is 19.8 Å². The van der Waals surface area contributed by atoms with Gasteiger partial charge in [-0.15, -0.1) is 0 Å². The highest BCUT2D eigenvalue weighted by molar-refractivity contribution is 9.10. The molecule has 0 radical (unpaired) electrons. The van der Waals surface area contributed by atoms with Crippen molar-refractivity contribution in [3.8, 4) is 17.6 Å². The molecule has 0 saturated heterocycles. The molecule has 0 saturated carbocycles. The Kier molecular flexibility index (Phi) is 10.1. The molecule has 0 aliphatic carbocycles. The quantitative estimate of drug-likeness (QED) is 0.181. The molecular weight excluding hydrogens is 646 g/mol. The molecular formula is C28H24BrN5O10. The monoisotopic (exact) mass is 669 g/mol. The van der Waals surface area contributed by atoms with Gasteiger partial charge in [0.1, 0.15) is 35.7 Å². The number of benzene rings is 2. The number of carbonyl (C=O) groups is 4. The molecule has 4 rings (SSSR count). The molecule has 0 bridgehead atoms. The maximum Gasteiger partial charge on any atom is 0.325 e. The first-order valence-electron chi connectivity index (χ1n) is 12.3. The number of halogens is 1. The van der Waals surface area contributed by atoms with Crippen molar-refractivity contribution in [3.05, 3.63) is 78.3 Å². The molecule has 0 aliphatic heterocycles. The van der Waals surface area contributed by atoms with Gasteiger partial charge in [0, 0.05) is 29.3 Å². The van der Waals surface area contributed by atoms with Crippen LogP contribution in [0.15, 0.2) is 50.5 Å². The molecule has 2 aromatic carbocycles. The van der Waals surface area contributed by atoms with Crippen LogP contribution in [0.1, 0.15) is 26.3 Å². The van der Waals surface area contributed by atoms with Crippen LogP contribution >= 0.6 is 15.9 Å². The number of aromatic nitrogens is 2. The topological polar surface area (TPSA) is 230 Å². The van der Waals surface area contributed by atoms with Crippen LogP contribution in [0.25, 0.3) is 21.8 Å². The number of nitriles is 1. The van der Waals surface area contributed by atoms with Crippen molar-refractivity contribution < 1.29 is 39.2 Å². The number of nitrogens with zero attached hydrogens (tertiary/aromatic N) is 3. The standard InChI is InChI=1S/C14H13BrN2O5.C14H11N3O5/c1-17-9-5-7(15)3-4-8(9)12(19)11(14(17)21)13(20)16-6-10(18)22-2;1-17-9-4-7(5-15)2-3-8(9)12(20)11(14(17)22)13(21)16-6-10(18)19/h3-5,19H,6H2,1-2H3,(H,16,20);2-4,20H,6H2,1H3,(H,16,21)(H,18,19). The highest BCUT2D eigenvalue weighted by atomic mass is 79.9. The van der Waals surface area contributed by atoms with Gasteiger partial charge in [0.2, 0.25) is 0 Å². The minimum atomic E-state index is -1.27. The van der Waals surface area contributed by atoms with E-state index in [1.807, 2.05) is 11.4 Å². The van der Waals surface area contributed by atoms with E-state index in [1.165, 1.54) is 44.0 Å². The van der Waals surface area contributed by atoms with E-state index >= 15 is 0 Å². The van der Waals surface area contributed by atoms with Crippen LogP contribution in [0.3, 0.4) is 0 Å². The second kappa shape index (κ2) is 13.5. The highest BCUT2D eigenvalue weighted by Crippen LogP contribution is 2.28. The lowest BCUT2D eigenvalue weighted by Gasteiger charge is -2.12. The van der Waals surface area contributed by atoms with E-state index in [4.69, 9.17) is 10.4 Å². The molecule has 2 amide bonds. The van der Waals surface area contributed by atoms with E-state index in [1.54, 1.807) is 18.2 Å². The normalized spacial score (nSPS) is 10.3. The van der Waals surface area contributed by atoms with Crippen LogP contribution in [0.2, 0.25) is 0 Å². The number of pyridine rings is 2. The molecule has 0 atom stereocenters. The van der Waals surface area contributed by atoms with Crippen molar-refractivity contribution in [2.24, 2.45) is 14.1 Å². The first-order chi connectivity index (χ1) is 20.7. The summed E-state index contributed by atoms with van der Waals surface area (Å²) in [4.78, 5) is 70.0. The number of esters is 1. The molecule has 2 heterocycles. The van der Waals surface area contributed by atoms with E-state index in [9.17, 15) is 39.0 Å². The van der Waals surface area contributed by atoms with Gasteiger partial charge in [0.05, 0.1) is 29.8 Å². The van der Waals surface area contributed by atoms with Crippen LogP contribution in [-0.2, 0) is 28.4 Å². The molecule has 16 heteroatoms. The second-order valence-electron chi connectivity index (χ2n) is 9.02. The fourth-order valence-corrected chi connectivity index (χ4v) is 4.40. The number of amides is 2. The summed E-state index contributed by atoms with van der Waals surface area (Å²) in [5.74, 6) is -4.72. The Morgan fingerprint density at radius 2 is 1.34 bits per heavy atom. The van der Waals surface area contributed by atoms with E-state index < -0.39 is 70.6 Å². The van der Waals surface area contributed by atoms with E-state index in [0.717, 1.165) is 9.04 Å². The number of methoxy groups -OCH3 is 1. The van der Waals surface area contributed by atoms with Crippen LogP contribution in [-0.4, -0.2) is 68.4 Å². The minimum absolute atomic E-state index is 0.210. The number of aromatic hydroxyl groups is 2. The fraction of sp³-hybridized carbons (Fsp3) is 0.179. The van der Waals surface area contributed by atoms with Gasteiger partial charge in [-0.3, -0.25) is 28.8 Å². The third-order valence-corrected chi connectivity index (χ3v) is 6.80. The van der Waals surface area contributed by atoms with Crippen molar-refractivity contribution >= 4 is 61.5 Å². The molecule has 0 spiro atoms. The van der Waals surface area contributed by atoms with Crippen molar-refractivity contribution in [2.75, 3.05) is 20.2 Å². The van der Waals surface area contributed by atoms with Crippen LogP contribution in [0.4, 0.5) is 0 Å². The van der Waals surface area contributed by atoms with Crippen molar-refractivity contribution in [3.63, 3.8) is 0 Å². The predicted octanol–water partition coefficient (Wildman–Crippen LogP) is 0.840. The Hall–Kier alpha value is -5.69. The predicted molar refractivity (Wildman–Crippen MR) is 158 cm³/mol. The van der Waals surface area contributed by atoms with Gasteiger partial charge in [-0.2, -0.15) is 5.26 Å². The average Bonchev–Trinajstić information content (AvgIpc) is 3.00. The van der Waals surface area contributed by atoms with E-state index in [2.05, 4.69) is 26.0 Å². The lowest BCUT2D eigenvalue weighted by Crippen LogP contribution is -2.35. The molecule has 0 fully saturated rings. The van der Waals surface area contributed by atoms with Gasteiger partial charge in [-0.1, -0.05) is 15.9 Å². The second-order valence-corrected chi connectivity index (χ2v) is 9.93. The molecule has 4 aromatic rings. The lowest BCUT2D eigenvalue weighted by molar-refractivity contribution is -0.139. The smallest absolute Gasteiger partial charge is 0.325 e. The summed E-state index contributed by atoms with van der Waals surface area (Å²) in [5, 5.41) is 42.6. The van der Waals surface area contributed by atoms with E-state index in [0.29, 0.717) is 16.5 Å². The number of nitrogens with one attached hydrogen (secondary N) is 2. The number of aliphatic carboxylic acids is 1. The SMILES string of the molecule is COC(=O)CNC(=O)c1c(O)c2ccc(Br)cc2n(C)c1=O.Cn1c(=O)c(C(=O)NCC(=O)O)c(O)c2ccc(C#N)cc21.